The van der Waals surface area contributed by atoms with Gasteiger partial charge in [0.05, 0.1) is 7.11 Å². The first kappa shape index (κ1) is 9.34. The fraction of sp³-hybridized carbons (Fsp3) is 0.455. The number of hydrogen-bond acceptors (Lipinski definition) is 3. The van der Waals surface area contributed by atoms with Crippen molar-refractivity contribution in [3.8, 4) is 11.5 Å². The maximum Gasteiger partial charge on any atom is 0.124 e. The van der Waals surface area contributed by atoms with E-state index in [1.54, 1.807) is 7.11 Å². The molecule has 3 heteroatoms. The molecule has 76 valence electrons. The zero-order chi connectivity index (χ0) is 9.97. The van der Waals surface area contributed by atoms with Crippen molar-refractivity contribution in [3.63, 3.8) is 0 Å². The lowest BCUT2D eigenvalue weighted by Crippen LogP contribution is -2.20. The minimum Gasteiger partial charge on any atom is -0.497 e. The molecule has 0 unspecified atom stereocenters. The van der Waals surface area contributed by atoms with Gasteiger partial charge >= 0.3 is 0 Å². The lowest BCUT2D eigenvalue weighted by atomic mass is 10.1. The molecule has 0 fully saturated rings. The van der Waals surface area contributed by atoms with Crippen LogP contribution in [0.2, 0.25) is 0 Å². The first-order chi connectivity index (χ1) is 6.81. The fourth-order valence-corrected chi connectivity index (χ4v) is 1.67. The molecule has 0 radical (unpaired) electrons. The number of rotatable bonds is 1. The minimum atomic E-state index is 0.322. The van der Waals surface area contributed by atoms with Gasteiger partial charge in [0.2, 0.25) is 0 Å². The van der Waals surface area contributed by atoms with Gasteiger partial charge in [-0.05, 0) is 25.1 Å². The highest BCUT2D eigenvalue weighted by atomic mass is 16.5. The average molecular weight is 193 g/mol. The molecule has 0 bridgehead atoms. The van der Waals surface area contributed by atoms with Crippen LogP contribution in [0, 0.1) is 0 Å². The monoisotopic (exact) mass is 193 g/mol. The third kappa shape index (κ3) is 1.68. The van der Waals surface area contributed by atoms with Crippen molar-refractivity contribution in [1.29, 1.82) is 0 Å². The Kier molecular flexibility index (Phi) is 2.59. The molecule has 0 saturated heterocycles. The number of ether oxygens (including phenoxy) is 2. The van der Waals surface area contributed by atoms with Crippen molar-refractivity contribution in [1.82, 2.24) is 5.32 Å². The lowest BCUT2D eigenvalue weighted by molar-refractivity contribution is 0.324. The van der Waals surface area contributed by atoms with Gasteiger partial charge in [-0.2, -0.15) is 0 Å². The Morgan fingerprint density at radius 3 is 3.14 bits per heavy atom. The van der Waals surface area contributed by atoms with E-state index >= 15 is 0 Å². The van der Waals surface area contributed by atoms with E-state index in [9.17, 15) is 0 Å². The first-order valence-corrected chi connectivity index (χ1v) is 4.85. The van der Waals surface area contributed by atoms with Gasteiger partial charge in [-0.3, -0.25) is 0 Å². The van der Waals surface area contributed by atoms with E-state index < -0.39 is 0 Å². The van der Waals surface area contributed by atoms with Gasteiger partial charge < -0.3 is 14.8 Å². The van der Waals surface area contributed by atoms with Crippen LogP contribution in [0.25, 0.3) is 0 Å². The molecular weight excluding hydrogens is 178 g/mol. The van der Waals surface area contributed by atoms with Crippen molar-refractivity contribution in [3.05, 3.63) is 23.8 Å². The van der Waals surface area contributed by atoms with E-state index in [-0.39, 0.29) is 0 Å². The molecule has 0 amide bonds. The molecule has 0 saturated carbocycles. The quantitative estimate of drug-likeness (QED) is 0.737. The first-order valence-electron chi connectivity index (χ1n) is 4.85. The highest BCUT2D eigenvalue weighted by Gasteiger charge is 2.15. The molecule has 1 aromatic carbocycles. The molecule has 3 nitrogen and oxygen atoms in total. The molecule has 14 heavy (non-hydrogen) atoms. The summed E-state index contributed by atoms with van der Waals surface area (Å²) in [5, 5.41) is 3.37. The highest BCUT2D eigenvalue weighted by Crippen LogP contribution is 2.30. The van der Waals surface area contributed by atoms with E-state index in [0.717, 1.165) is 24.7 Å². The summed E-state index contributed by atoms with van der Waals surface area (Å²) in [5.74, 6) is 1.84. The Labute approximate surface area is 84.0 Å². The lowest BCUT2D eigenvalue weighted by Gasteiger charge is -2.13. The predicted octanol–water partition coefficient (Wildman–Crippen LogP) is 1.74. The Hall–Kier alpha value is -1.22. The second-order valence-electron chi connectivity index (χ2n) is 3.43. The van der Waals surface area contributed by atoms with E-state index in [4.69, 9.17) is 9.47 Å². The van der Waals surface area contributed by atoms with Crippen LogP contribution < -0.4 is 14.8 Å². The van der Waals surface area contributed by atoms with Crippen molar-refractivity contribution < 1.29 is 9.47 Å². The summed E-state index contributed by atoms with van der Waals surface area (Å²) in [6.07, 6.45) is 0. The summed E-state index contributed by atoms with van der Waals surface area (Å²) in [6, 6.07) is 6.25. The van der Waals surface area contributed by atoms with Crippen LogP contribution in [0.1, 0.15) is 18.5 Å². The van der Waals surface area contributed by atoms with Crippen LogP contribution >= 0.6 is 0 Å². The number of methoxy groups -OCH3 is 1. The molecule has 1 N–H and O–H groups in total. The summed E-state index contributed by atoms with van der Waals surface area (Å²) in [7, 11) is 1.68. The van der Waals surface area contributed by atoms with Crippen molar-refractivity contribution in [2.24, 2.45) is 0 Å². The van der Waals surface area contributed by atoms with Crippen LogP contribution in [0.15, 0.2) is 18.2 Å². The van der Waals surface area contributed by atoms with E-state index in [0.29, 0.717) is 6.04 Å². The van der Waals surface area contributed by atoms with Crippen LogP contribution in [0.4, 0.5) is 0 Å². The van der Waals surface area contributed by atoms with Gasteiger partial charge in [-0.25, -0.2) is 0 Å². The molecule has 0 aromatic heterocycles. The van der Waals surface area contributed by atoms with E-state index in [1.807, 2.05) is 18.2 Å². The van der Waals surface area contributed by atoms with Gasteiger partial charge in [0.15, 0.2) is 0 Å². The van der Waals surface area contributed by atoms with Gasteiger partial charge in [0.25, 0.3) is 0 Å². The molecule has 0 spiro atoms. The van der Waals surface area contributed by atoms with E-state index in [2.05, 4.69) is 12.2 Å². The largest absolute Gasteiger partial charge is 0.497 e. The highest BCUT2D eigenvalue weighted by molar-refractivity contribution is 5.42. The maximum absolute atomic E-state index is 5.60. The van der Waals surface area contributed by atoms with Gasteiger partial charge in [-0.1, -0.05) is 0 Å². The van der Waals surface area contributed by atoms with Crippen molar-refractivity contribution in [2.45, 2.75) is 13.0 Å². The Morgan fingerprint density at radius 1 is 1.50 bits per heavy atom. The minimum absolute atomic E-state index is 0.322. The Bertz CT molecular complexity index is 325. The summed E-state index contributed by atoms with van der Waals surface area (Å²) in [6.45, 7) is 3.74. The predicted molar refractivity (Wildman–Crippen MR) is 54.9 cm³/mol. The Balaban J connectivity index is 2.39. The second-order valence-corrected chi connectivity index (χ2v) is 3.43. The fourth-order valence-electron chi connectivity index (χ4n) is 1.67. The standard InChI is InChI=1S/C11H15NO2/c1-8-10-7-9(13-2)3-4-11(10)14-6-5-12-8/h3-4,7-8,12H,5-6H2,1-2H3/t8-/m0/s1. The topological polar surface area (TPSA) is 30.5 Å². The van der Waals surface area contributed by atoms with Crippen LogP contribution in [-0.4, -0.2) is 20.3 Å². The molecule has 1 aromatic rings. The molecule has 1 aliphatic rings. The summed E-state index contributed by atoms with van der Waals surface area (Å²) >= 11 is 0. The third-order valence-corrected chi connectivity index (χ3v) is 2.49. The van der Waals surface area contributed by atoms with Gasteiger partial charge in [0.1, 0.15) is 18.1 Å². The average Bonchev–Trinajstić information content (AvgIpc) is 2.40. The summed E-state index contributed by atoms with van der Waals surface area (Å²) in [4.78, 5) is 0. The third-order valence-electron chi connectivity index (χ3n) is 2.49. The number of nitrogens with one attached hydrogen (secondary N) is 1. The van der Waals surface area contributed by atoms with E-state index in [1.165, 1.54) is 5.56 Å². The molecule has 1 heterocycles. The number of hydrogen-bond donors (Lipinski definition) is 1. The maximum atomic E-state index is 5.60. The Morgan fingerprint density at radius 2 is 2.36 bits per heavy atom. The molecule has 0 aliphatic carbocycles. The number of fused-ring (bicyclic) bond motifs is 1. The molecule has 1 aliphatic heterocycles. The van der Waals surface area contributed by atoms with Crippen molar-refractivity contribution >= 4 is 0 Å². The van der Waals surface area contributed by atoms with Gasteiger partial charge in [0, 0.05) is 18.2 Å². The van der Waals surface area contributed by atoms with Crippen LogP contribution in [0.5, 0.6) is 11.5 Å². The SMILES string of the molecule is COc1ccc2c(c1)[C@H](C)NCCO2. The van der Waals surface area contributed by atoms with Crippen LogP contribution in [0.3, 0.4) is 0 Å². The summed E-state index contributed by atoms with van der Waals surface area (Å²) in [5.41, 5.74) is 1.17. The van der Waals surface area contributed by atoms with Gasteiger partial charge in [-0.15, -0.1) is 0 Å². The second kappa shape index (κ2) is 3.88. The number of benzene rings is 1. The smallest absolute Gasteiger partial charge is 0.124 e. The molecule has 2 rings (SSSR count). The van der Waals surface area contributed by atoms with Crippen molar-refractivity contribution in [2.75, 3.05) is 20.3 Å². The van der Waals surface area contributed by atoms with Crippen LogP contribution in [-0.2, 0) is 0 Å². The normalized spacial score (nSPS) is 20.6. The zero-order valence-corrected chi connectivity index (χ0v) is 8.54. The summed E-state index contributed by atoms with van der Waals surface area (Å²) < 4.78 is 10.8. The zero-order valence-electron chi connectivity index (χ0n) is 8.54. The molecular formula is C11H15NO2. The molecule has 1 atom stereocenters.